The summed E-state index contributed by atoms with van der Waals surface area (Å²) < 4.78 is 18.7. The largest absolute Gasteiger partial charge is 0.447 e. The highest BCUT2D eigenvalue weighted by atomic mass is 19.1. The smallest absolute Gasteiger partial charge is 0.277 e. The summed E-state index contributed by atoms with van der Waals surface area (Å²) in [5, 5.41) is 2.62. The SMILES string of the molecule is O=C(Nc1cccc(F)c1)c1coc(CN2CCN(Cc3ccccc3)CC2)n1. The summed E-state index contributed by atoms with van der Waals surface area (Å²) in [6.07, 6.45) is 1.34. The molecule has 1 N–H and O–H groups in total. The average Bonchev–Trinajstić information content (AvgIpc) is 3.19. The van der Waals surface area contributed by atoms with E-state index in [9.17, 15) is 9.18 Å². The second-order valence-corrected chi connectivity index (χ2v) is 7.13. The van der Waals surface area contributed by atoms with Crippen LogP contribution < -0.4 is 5.32 Å². The maximum atomic E-state index is 13.2. The Hall–Kier alpha value is -3.03. The zero-order valence-corrected chi connectivity index (χ0v) is 16.1. The molecule has 1 aliphatic heterocycles. The number of nitrogens with zero attached hydrogens (tertiary/aromatic N) is 3. The monoisotopic (exact) mass is 394 g/mol. The third-order valence-corrected chi connectivity index (χ3v) is 4.94. The highest BCUT2D eigenvalue weighted by Gasteiger charge is 2.20. The number of nitrogens with one attached hydrogen (secondary N) is 1. The quantitative estimate of drug-likeness (QED) is 0.695. The molecule has 0 aliphatic carbocycles. The van der Waals surface area contributed by atoms with E-state index in [1.165, 1.54) is 30.0 Å². The maximum absolute atomic E-state index is 13.2. The van der Waals surface area contributed by atoms with Gasteiger partial charge >= 0.3 is 0 Å². The van der Waals surface area contributed by atoms with Gasteiger partial charge in [-0.15, -0.1) is 0 Å². The van der Waals surface area contributed by atoms with Gasteiger partial charge in [0.1, 0.15) is 12.1 Å². The number of aromatic nitrogens is 1. The van der Waals surface area contributed by atoms with Crippen LogP contribution in [0.1, 0.15) is 21.9 Å². The molecule has 4 rings (SSSR count). The lowest BCUT2D eigenvalue weighted by molar-refractivity contribution is 0.102. The van der Waals surface area contributed by atoms with Crippen LogP contribution in [-0.4, -0.2) is 46.9 Å². The van der Waals surface area contributed by atoms with Crippen molar-refractivity contribution in [1.29, 1.82) is 0 Å². The second-order valence-electron chi connectivity index (χ2n) is 7.13. The van der Waals surface area contributed by atoms with Crippen LogP contribution in [-0.2, 0) is 13.1 Å². The van der Waals surface area contributed by atoms with Crippen LogP contribution in [0.4, 0.5) is 10.1 Å². The molecule has 1 fully saturated rings. The normalized spacial score (nSPS) is 15.3. The minimum Gasteiger partial charge on any atom is -0.447 e. The van der Waals surface area contributed by atoms with Crippen molar-refractivity contribution in [1.82, 2.24) is 14.8 Å². The zero-order valence-electron chi connectivity index (χ0n) is 16.1. The van der Waals surface area contributed by atoms with Crippen LogP contribution in [0.25, 0.3) is 0 Å². The van der Waals surface area contributed by atoms with Gasteiger partial charge in [0.15, 0.2) is 5.69 Å². The molecular formula is C22H23FN4O2. The molecule has 1 aromatic heterocycles. The first-order valence-electron chi connectivity index (χ1n) is 9.66. The van der Waals surface area contributed by atoms with Crippen molar-refractivity contribution in [3.05, 3.63) is 83.8 Å². The predicted octanol–water partition coefficient (Wildman–Crippen LogP) is 3.38. The first-order valence-corrected chi connectivity index (χ1v) is 9.66. The second kappa shape index (κ2) is 8.98. The molecule has 6 nitrogen and oxygen atoms in total. The Morgan fingerprint density at radius 2 is 1.72 bits per heavy atom. The van der Waals surface area contributed by atoms with E-state index in [-0.39, 0.29) is 5.69 Å². The van der Waals surface area contributed by atoms with Crippen molar-refractivity contribution in [3.8, 4) is 0 Å². The maximum Gasteiger partial charge on any atom is 0.277 e. The molecule has 0 saturated carbocycles. The first-order chi connectivity index (χ1) is 14.2. The van der Waals surface area contributed by atoms with Gasteiger partial charge in [-0.1, -0.05) is 36.4 Å². The van der Waals surface area contributed by atoms with Gasteiger partial charge in [-0.2, -0.15) is 0 Å². The summed E-state index contributed by atoms with van der Waals surface area (Å²) in [7, 11) is 0. The van der Waals surface area contributed by atoms with Crippen LogP contribution in [0.15, 0.2) is 65.3 Å². The van der Waals surface area contributed by atoms with Crippen molar-refractivity contribution in [2.45, 2.75) is 13.1 Å². The predicted molar refractivity (Wildman–Crippen MR) is 108 cm³/mol. The van der Waals surface area contributed by atoms with Crippen LogP contribution in [0.3, 0.4) is 0 Å². The van der Waals surface area contributed by atoms with E-state index >= 15 is 0 Å². The van der Waals surface area contributed by atoms with Crippen molar-refractivity contribution in [2.75, 3.05) is 31.5 Å². The van der Waals surface area contributed by atoms with Gasteiger partial charge in [0.2, 0.25) is 5.89 Å². The van der Waals surface area contributed by atoms with Crippen LogP contribution in [0.5, 0.6) is 0 Å². The van der Waals surface area contributed by atoms with Crippen LogP contribution in [0, 0.1) is 5.82 Å². The molecule has 0 radical (unpaired) electrons. The highest BCUT2D eigenvalue weighted by Crippen LogP contribution is 2.14. The molecule has 7 heteroatoms. The fourth-order valence-corrected chi connectivity index (χ4v) is 3.39. The number of oxazole rings is 1. The molecule has 0 spiro atoms. The Morgan fingerprint density at radius 3 is 2.45 bits per heavy atom. The van der Waals surface area contributed by atoms with E-state index in [2.05, 4.69) is 44.4 Å². The summed E-state index contributed by atoms with van der Waals surface area (Å²) in [5.74, 6) is -0.320. The summed E-state index contributed by atoms with van der Waals surface area (Å²) in [6, 6.07) is 16.2. The van der Waals surface area contributed by atoms with Gasteiger partial charge in [-0.05, 0) is 23.8 Å². The van der Waals surface area contributed by atoms with E-state index in [4.69, 9.17) is 4.42 Å². The van der Waals surface area contributed by atoms with E-state index in [1.54, 1.807) is 6.07 Å². The van der Waals surface area contributed by atoms with E-state index in [0.29, 0.717) is 18.1 Å². The van der Waals surface area contributed by atoms with Gasteiger partial charge in [-0.3, -0.25) is 14.6 Å². The molecule has 2 heterocycles. The molecule has 0 bridgehead atoms. The molecular weight excluding hydrogens is 371 g/mol. The van der Waals surface area contributed by atoms with Crippen molar-refractivity contribution < 1.29 is 13.6 Å². The van der Waals surface area contributed by atoms with Crippen LogP contribution >= 0.6 is 0 Å². The standard InChI is InChI=1S/C22H23FN4O2/c23-18-7-4-8-19(13-18)24-22(28)20-16-29-21(25-20)15-27-11-9-26(10-12-27)14-17-5-2-1-3-6-17/h1-8,13,16H,9-12,14-15H2,(H,24,28). The molecule has 1 amide bonds. The first kappa shape index (κ1) is 19.3. The fraction of sp³-hybridized carbons (Fsp3) is 0.273. The lowest BCUT2D eigenvalue weighted by atomic mass is 10.2. The minimum atomic E-state index is -0.418. The molecule has 2 aromatic carbocycles. The number of amides is 1. The van der Waals surface area contributed by atoms with Gasteiger partial charge in [-0.25, -0.2) is 9.37 Å². The van der Waals surface area contributed by atoms with E-state index < -0.39 is 11.7 Å². The van der Waals surface area contributed by atoms with E-state index in [1.807, 2.05) is 6.07 Å². The van der Waals surface area contributed by atoms with Crippen LogP contribution in [0.2, 0.25) is 0 Å². The van der Waals surface area contributed by atoms with Gasteiger partial charge < -0.3 is 9.73 Å². The third kappa shape index (κ3) is 5.28. The Kier molecular flexibility index (Phi) is 5.97. The molecule has 29 heavy (non-hydrogen) atoms. The lowest BCUT2D eigenvalue weighted by Crippen LogP contribution is -2.45. The molecule has 3 aromatic rings. The Labute approximate surface area is 169 Å². The number of carbonyl (C=O) groups is 1. The molecule has 0 atom stereocenters. The molecule has 1 saturated heterocycles. The average molecular weight is 394 g/mol. The summed E-state index contributed by atoms with van der Waals surface area (Å²) >= 11 is 0. The number of carbonyl (C=O) groups excluding carboxylic acids is 1. The fourth-order valence-electron chi connectivity index (χ4n) is 3.39. The van der Waals surface area contributed by atoms with Gasteiger partial charge in [0.25, 0.3) is 5.91 Å². The topological polar surface area (TPSA) is 61.6 Å². The van der Waals surface area contributed by atoms with E-state index in [0.717, 1.165) is 32.7 Å². The number of halogens is 1. The molecule has 1 aliphatic rings. The molecule has 150 valence electrons. The number of hydrogen-bond donors (Lipinski definition) is 1. The summed E-state index contributed by atoms with van der Waals surface area (Å²) in [5.41, 5.74) is 1.89. The van der Waals surface area contributed by atoms with Crippen molar-refractivity contribution in [3.63, 3.8) is 0 Å². The third-order valence-electron chi connectivity index (χ3n) is 4.94. The van der Waals surface area contributed by atoms with Gasteiger partial charge in [0.05, 0.1) is 6.54 Å². The van der Waals surface area contributed by atoms with Crippen molar-refractivity contribution in [2.24, 2.45) is 0 Å². The van der Waals surface area contributed by atoms with Crippen molar-refractivity contribution >= 4 is 11.6 Å². The zero-order chi connectivity index (χ0) is 20.1. The highest BCUT2D eigenvalue weighted by molar-refractivity contribution is 6.02. The summed E-state index contributed by atoms with van der Waals surface area (Å²) in [6.45, 7) is 5.30. The minimum absolute atomic E-state index is 0.187. The number of hydrogen-bond acceptors (Lipinski definition) is 5. The Morgan fingerprint density at radius 1 is 1.00 bits per heavy atom. The van der Waals surface area contributed by atoms with Gasteiger partial charge in [0, 0.05) is 38.4 Å². The summed E-state index contributed by atoms with van der Waals surface area (Å²) in [4.78, 5) is 21.2. The Bertz CT molecular complexity index is 952. The number of anilines is 1. The molecule has 0 unspecified atom stereocenters. The lowest BCUT2D eigenvalue weighted by Gasteiger charge is -2.34. The Balaban J connectivity index is 1.27. The number of piperazine rings is 1. The number of benzene rings is 2. The number of rotatable bonds is 6.